The zero-order chi connectivity index (χ0) is 18.5. The number of hydrogen-bond donors (Lipinski definition) is 0. The average molecular weight is 366 g/mol. The Morgan fingerprint density at radius 1 is 1.12 bits per heavy atom. The van der Waals surface area contributed by atoms with E-state index in [-0.39, 0.29) is 11.3 Å². The molecule has 2 aromatic carbocycles. The third kappa shape index (κ3) is 3.88. The Hall–Kier alpha value is -2.40. The molecule has 0 saturated carbocycles. The van der Waals surface area contributed by atoms with Gasteiger partial charge in [-0.3, -0.25) is 9.36 Å². The average Bonchev–Trinajstić information content (AvgIpc) is 2.65. The summed E-state index contributed by atoms with van der Waals surface area (Å²) in [4.78, 5) is 29.1. The first-order chi connectivity index (χ1) is 12.6. The Bertz CT molecular complexity index is 995. The van der Waals surface area contributed by atoms with E-state index in [0.717, 1.165) is 29.8 Å². The number of carbonyl (C=O) groups excluding carboxylic acids is 1. The van der Waals surface area contributed by atoms with Crippen molar-refractivity contribution in [3.05, 3.63) is 64.4 Å². The van der Waals surface area contributed by atoms with Crippen molar-refractivity contribution < 1.29 is 4.79 Å². The summed E-state index contributed by atoms with van der Waals surface area (Å²) < 4.78 is 1.72. The van der Waals surface area contributed by atoms with Crippen molar-refractivity contribution in [2.45, 2.75) is 38.3 Å². The second-order valence-corrected chi connectivity index (χ2v) is 7.25. The molecule has 0 fully saturated rings. The minimum atomic E-state index is -0.0504. The van der Waals surface area contributed by atoms with Crippen molar-refractivity contribution in [2.24, 2.45) is 0 Å². The summed E-state index contributed by atoms with van der Waals surface area (Å²) in [6.07, 6.45) is 2.17. The molecule has 3 rings (SSSR count). The molecule has 0 spiro atoms. The molecule has 0 aliphatic carbocycles. The summed E-state index contributed by atoms with van der Waals surface area (Å²) in [5.41, 5.74) is 2.65. The fourth-order valence-electron chi connectivity index (χ4n) is 2.93. The van der Waals surface area contributed by atoms with Gasteiger partial charge >= 0.3 is 0 Å². The van der Waals surface area contributed by atoms with Crippen LogP contribution in [0.15, 0.2) is 58.5 Å². The molecule has 0 N–H and O–H groups in total. The lowest BCUT2D eigenvalue weighted by molar-refractivity contribution is -0.117. The van der Waals surface area contributed by atoms with Gasteiger partial charge in [-0.1, -0.05) is 49.0 Å². The predicted octanol–water partition coefficient (Wildman–Crippen LogP) is 4.41. The molecular weight excluding hydrogens is 344 g/mol. The summed E-state index contributed by atoms with van der Waals surface area (Å²) in [7, 11) is 0. The molecule has 3 aromatic rings. The van der Waals surface area contributed by atoms with Crippen LogP contribution >= 0.6 is 11.8 Å². The van der Waals surface area contributed by atoms with Crippen LogP contribution in [-0.2, 0) is 11.2 Å². The van der Waals surface area contributed by atoms with E-state index in [9.17, 15) is 9.59 Å². The van der Waals surface area contributed by atoms with Gasteiger partial charge in [0.1, 0.15) is 5.78 Å². The molecule has 4 nitrogen and oxygen atoms in total. The van der Waals surface area contributed by atoms with Crippen LogP contribution in [0.4, 0.5) is 0 Å². The Balaban J connectivity index is 2.12. The molecule has 1 heterocycles. The van der Waals surface area contributed by atoms with E-state index in [1.807, 2.05) is 48.5 Å². The van der Waals surface area contributed by atoms with Crippen LogP contribution in [0.5, 0.6) is 0 Å². The maximum absolute atomic E-state index is 13.2. The normalized spacial score (nSPS) is 11.0. The van der Waals surface area contributed by atoms with Gasteiger partial charge in [0.2, 0.25) is 0 Å². The summed E-state index contributed by atoms with van der Waals surface area (Å²) in [6, 6.07) is 15.4. The number of fused-ring (bicyclic) bond motifs is 1. The van der Waals surface area contributed by atoms with Gasteiger partial charge in [-0.25, -0.2) is 4.98 Å². The van der Waals surface area contributed by atoms with Gasteiger partial charge in [0, 0.05) is 12.2 Å². The van der Waals surface area contributed by atoms with Crippen LogP contribution in [0.2, 0.25) is 0 Å². The molecule has 134 valence electrons. The van der Waals surface area contributed by atoms with E-state index < -0.39 is 0 Å². The van der Waals surface area contributed by atoms with Gasteiger partial charge in [-0.2, -0.15) is 0 Å². The summed E-state index contributed by atoms with van der Waals surface area (Å²) >= 11 is 1.53. The SMILES string of the molecule is CCc1ccccc1-n1c(SCCCC(C)=O)nc2ccccc2c1=O. The zero-order valence-electron chi connectivity index (χ0n) is 15.1. The predicted molar refractivity (Wildman–Crippen MR) is 107 cm³/mol. The molecule has 0 aliphatic rings. The standard InChI is InChI=1S/C21H22N2O2S/c1-3-16-10-4-7-13-19(16)23-20(25)17-11-5-6-12-18(17)22-21(23)26-14-8-9-15(2)24/h4-7,10-13H,3,8-9,14H2,1-2H3. The van der Waals surface area contributed by atoms with Crippen molar-refractivity contribution in [3.8, 4) is 5.69 Å². The summed E-state index contributed by atoms with van der Waals surface area (Å²) in [5.74, 6) is 0.935. The number of aromatic nitrogens is 2. The van der Waals surface area contributed by atoms with E-state index in [1.165, 1.54) is 11.8 Å². The van der Waals surface area contributed by atoms with Crippen molar-refractivity contribution in [2.75, 3.05) is 5.75 Å². The third-order valence-electron chi connectivity index (χ3n) is 4.26. The minimum absolute atomic E-state index is 0.0504. The van der Waals surface area contributed by atoms with E-state index in [4.69, 9.17) is 4.98 Å². The van der Waals surface area contributed by atoms with Gasteiger partial charge < -0.3 is 4.79 Å². The number of ketones is 1. The number of hydrogen-bond acceptors (Lipinski definition) is 4. The lowest BCUT2D eigenvalue weighted by Crippen LogP contribution is -2.23. The number of Topliss-reactive ketones (excluding diaryl/α,β-unsaturated/α-hetero) is 1. The number of carbonyl (C=O) groups is 1. The molecule has 0 aliphatic heterocycles. The molecule has 0 unspecified atom stereocenters. The Kier molecular flexibility index (Phi) is 5.89. The highest BCUT2D eigenvalue weighted by atomic mass is 32.2. The van der Waals surface area contributed by atoms with E-state index in [1.54, 1.807) is 11.5 Å². The quantitative estimate of drug-likeness (QED) is 0.353. The monoisotopic (exact) mass is 366 g/mol. The van der Waals surface area contributed by atoms with Crippen molar-refractivity contribution in [1.82, 2.24) is 9.55 Å². The molecule has 5 heteroatoms. The second kappa shape index (κ2) is 8.32. The maximum atomic E-state index is 13.2. The van der Waals surface area contributed by atoms with Gasteiger partial charge in [0.25, 0.3) is 5.56 Å². The van der Waals surface area contributed by atoms with Crippen LogP contribution in [0.3, 0.4) is 0 Å². The molecule has 0 bridgehead atoms. The first-order valence-electron chi connectivity index (χ1n) is 8.84. The van der Waals surface area contributed by atoms with Gasteiger partial charge in [0.15, 0.2) is 5.16 Å². The highest BCUT2D eigenvalue weighted by molar-refractivity contribution is 7.99. The van der Waals surface area contributed by atoms with Crippen LogP contribution < -0.4 is 5.56 Å². The van der Waals surface area contributed by atoms with Gasteiger partial charge in [-0.05, 0) is 43.5 Å². The van der Waals surface area contributed by atoms with Crippen molar-refractivity contribution in [3.63, 3.8) is 0 Å². The molecule has 0 amide bonds. The maximum Gasteiger partial charge on any atom is 0.266 e. The number of aryl methyl sites for hydroxylation is 1. The zero-order valence-corrected chi connectivity index (χ0v) is 15.9. The first-order valence-corrected chi connectivity index (χ1v) is 9.82. The molecular formula is C21H22N2O2S. The Morgan fingerprint density at radius 2 is 1.85 bits per heavy atom. The van der Waals surface area contributed by atoms with Crippen LogP contribution in [0, 0.1) is 0 Å². The van der Waals surface area contributed by atoms with Crippen LogP contribution in [0.1, 0.15) is 32.3 Å². The van der Waals surface area contributed by atoms with E-state index >= 15 is 0 Å². The smallest absolute Gasteiger partial charge is 0.266 e. The second-order valence-electron chi connectivity index (χ2n) is 6.19. The molecule has 26 heavy (non-hydrogen) atoms. The minimum Gasteiger partial charge on any atom is -0.300 e. The third-order valence-corrected chi connectivity index (χ3v) is 5.29. The van der Waals surface area contributed by atoms with Gasteiger partial charge in [0.05, 0.1) is 16.6 Å². The molecule has 0 saturated heterocycles. The highest BCUT2D eigenvalue weighted by Crippen LogP contribution is 2.24. The fraction of sp³-hybridized carbons (Fsp3) is 0.286. The summed E-state index contributed by atoms with van der Waals surface area (Å²) in [5, 5.41) is 1.30. The first kappa shape index (κ1) is 18.4. The Morgan fingerprint density at radius 3 is 2.62 bits per heavy atom. The molecule has 1 aromatic heterocycles. The largest absolute Gasteiger partial charge is 0.300 e. The lowest BCUT2D eigenvalue weighted by Gasteiger charge is -2.15. The number of nitrogens with zero attached hydrogens (tertiary/aromatic N) is 2. The molecule has 0 atom stereocenters. The van der Waals surface area contributed by atoms with Crippen molar-refractivity contribution in [1.29, 1.82) is 0 Å². The van der Waals surface area contributed by atoms with Crippen LogP contribution in [-0.4, -0.2) is 21.1 Å². The van der Waals surface area contributed by atoms with Crippen LogP contribution in [0.25, 0.3) is 16.6 Å². The Labute approximate surface area is 157 Å². The fourth-order valence-corrected chi connectivity index (χ4v) is 3.88. The lowest BCUT2D eigenvalue weighted by atomic mass is 10.1. The number of thioether (sulfide) groups is 1. The number of para-hydroxylation sites is 2. The van der Waals surface area contributed by atoms with Gasteiger partial charge in [-0.15, -0.1) is 0 Å². The molecule has 0 radical (unpaired) electrons. The highest BCUT2D eigenvalue weighted by Gasteiger charge is 2.15. The van der Waals surface area contributed by atoms with Crippen molar-refractivity contribution >= 4 is 28.4 Å². The summed E-state index contributed by atoms with van der Waals surface area (Å²) in [6.45, 7) is 3.68. The number of rotatable bonds is 7. The number of benzene rings is 2. The topological polar surface area (TPSA) is 52.0 Å². The van der Waals surface area contributed by atoms with E-state index in [2.05, 4.69) is 6.92 Å². The van der Waals surface area contributed by atoms with E-state index in [0.29, 0.717) is 22.5 Å².